The fourth-order valence-electron chi connectivity index (χ4n) is 3.25. The Balaban J connectivity index is 1.59. The van der Waals surface area contributed by atoms with E-state index in [1.807, 2.05) is 62.4 Å². The molecule has 1 N–H and O–H groups in total. The van der Waals surface area contributed by atoms with Crippen LogP contribution in [0.2, 0.25) is 0 Å². The Kier molecular flexibility index (Phi) is 6.16. The van der Waals surface area contributed by atoms with Gasteiger partial charge in [-0.1, -0.05) is 24.3 Å². The molecule has 0 aliphatic rings. The van der Waals surface area contributed by atoms with E-state index in [1.165, 1.54) is 4.31 Å². The standard InChI is InChI=1S/C24H25N5O2S/c1-17(2)29(3)32(30,31)20-10-8-18(9-11-20)16-26-24-21-6-4-5-7-22(21)27-23(28-24)19-12-14-25-15-13-19/h4-15,17H,16H2,1-3H3,(H,26,27,28). The molecule has 0 spiro atoms. The first-order chi connectivity index (χ1) is 15.4. The molecule has 0 unspecified atom stereocenters. The van der Waals surface area contributed by atoms with Gasteiger partial charge in [-0.05, 0) is 55.8 Å². The van der Waals surface area contributed by atoms with Crippen LogP contribution in [0.4, 0.5) is 5.82 Å². The van der Waals surface area contributed by atoms with Crippen molar-refractivity contribution in [2.45, 2.75) is 31.3 Å². The van der Waals surface area contributed by atoms with E-state index in [2.05, 4.69) is 15.3 Å². The van der Waals surface area contributed by atoms with E-state index in [0.29, 0.717) is 12.4 Å². The molecule has 32 heavy (non-hydrogen) atoms. The van der Waals surface area contributed by atoms with Gasteiger partial charge in [-0.3, -0.25) is 4.98 Å². The van der Waals surface area contributed by atoms with Crippen LogP contribution in [-0.4, -0.2) is 40.8 Å². The highest BCUT2D eigenvalue weighted by Gasteiger charge is 2.22. The summed E-state index contributed by atoms with van der Waals surface area (Å²) in [5.41, 5.74) is 2.68. The lowest BCUT2D eigenvalue weighted by Gasteiger charge is -2.21. The zero-order chi connectivity index (χ0) is 22.7. The minimum Gasteiger partial charge on any atom is -0.365 e. The molecular formula is C24H25N5O2S. The summed E-state index contributed by atoms with van der Waals surface area (Å²) in [5.74, 6) is 1.34. The molecule has 0 saturated carbocycles. The second-order valence-corrected chi connectivity index (χ2v) is 9.76. The summed E-state index contributed by atoms with van der Waals surface area (Å²) in [6, 6.07) is 18.4. The van der Waals surface area contributed by atoms with Gasteiger partial charge in [0.2, 0.25) is 10.0 Å². The fourth-order valence-corrected chi connectivity index (χ4v) is 4.62. The van der Waals surface area contributed by atoms with Gasteiger partial charge in [0.25, 0.3) is 0 Å². The molecule has 4 rings (SSSR count). The number of aromatic nitrogens is 3. The maximum absolute atomic E-state index is 12.7. The maximum atomic E-state index is 12.7. The number of pyridine rings is 1. The number of anilines is 1. The Labute approximate surface area is 188 Å². The number of nitrogens with one attached hydrogen (secondary N) is 1. The summed E-state index contributed by atoms with van der Waals surface area (Å²) in [4.78, 5) is 13.8. The van der Waals surface area contributed by atoms with Gasteiger partial charge in [0.1, 0.15) is 5.82 Å². The smallest absolute Gasteiger partial charge is 0.243 e. The Morgan fingerprint density at radius 1 is 0.938 bits per heavy atom. The van der Waals surface area contributed by atoms with Crippen LogP contribution >= 0.6 is 0 Å². The van der Waals surface area contributed by atoms with Crippen LogP contribution in [-0.2, 0) is 16.6 Å². The van der Waals surface area contributed by atoms with Gasteiger partial charge < -0.3 is 5.32 Å². The van der Waals surface area contributed by atoms with Gasteiger partial charge in [0, 0.05) is 43.0 Å². The predicted molar refractivity (Wildman–Crippen MR) is 127 cm³/mol. The Hall–Kier alpha value is -3.36. The third-order valence-corrected chi connectivity index (χ3v) is 7.38. The molecular weight excluding hydrogens is 422 g/mol. The molecule has 0 saturated heterocycles. The number of benzene rings is 2. The van der Waals surface area contributed by atoms with Crippen molar-refractivity contribution in [2.24, 2.45) is 0 Å². The van der Waals surface area contributed by atoms with Crippen molar-refractivity contribution >= 4 is 26.7 Å². The van der Waals surface area contributed by atoms with Crippen LogP contribution in [0, 0.1) is 0 Å². The maximum Gasteiger partial charge on any atom is 0.243 e. The van der Waals surface area contributed by atoms with Gasteiger partial charge in [-0.2, -0.15) is 4.31 Å². The monoisotopic (exact) mass is 447 g/mol. The van der Waals surface area contributed by atoms with Gasteiger partial charge in [0.15, 0.2) is 5.82 Å². The number of hydrogen-bond donors (Lipinski definition) is 1. The van der Waals surface area contributed by atoms with Crippen molar-refractivity contribution in [3.05, 3.63) is 78.6 Å². The third-order valence-electron chi connectivity index (χ3n) is 5.33. The van der Waals surface area contributed by atoms with Gasteiger partial charge >= 0.3 is 0 Å². The van der Waals surface area contributed by atoms with Crippen LogP contribution in [0.3, 0.4) is 0 Å². The van der Waals surface area contributed by atoms with E-state index >= 15 is 0 Å². The minimum atomic E-state index is -3.50. The average molecular weight is 448 g/mol. The molecule has 0 aliphatic heterocycles. The van der Waals surface area contributed by atoms with Crippen LogP contribution in [0.25, 0.3) is 22.3 Å². The van der Waals surface area contributed by atoms with Crippen LogP contribution in [0.1, 0.15) is 19.4 Å². The second kappa shape index (κ2) is 9.02. The van der Waals surface area contributed by atoms with Crippen LogP contribution < -0.4 is 5.32 Å². The number of nitrogens with zero attached hydrogens (tertiary/aromatic N) is 4. The van der Waals surface area contributed by atoms with E-state index in [4.69, 9.17) is 4.98 Å². The summed E-state index contributed by atoms with van der Waals surface area (Å²) in [6.45, 7) is 4.20. The number of fused-ring (bicyclic) bond motifs is 1. The number of para-hydroxylation sites is 1. The molecule has 0 aliphatic carbocycles. The van der Waals surface area contributed by atoms with Crippen molar-refractivity contribution in [2.75, 3.05) is 12.4 Å². The highest BCUT2D eigenvalue weighted by molar-refractivity contribution is 7.89. The molecule has 0 radical (unpaired) electrons. The van der Waals surface area contributed by atoms with Crippen molar-refractivity contribution < 1.29 is 8.42 Å². The van der Waals surface area contributed by atoms with E-state index in [0.717, 1.165) is 27.8 Å². The summed E-state index contributed by atoms with van der Waals surface area (Å²) < 4.78 is 26.7. The predicted octanol–water partition coefficient (Wildman–Crippen LogP) is 4.33. The quantitative estimate of drug-likeness (QED) is 0.454. The average Bonchev–Trinajstić information content (AvgIpc) is 2.82. The van der Waals surface area contributed by atoms with Crippen molar-refractivity contribution in [3.63, 3.8) is 0 Å². The summed E-state index contributed by atoms with van der Waals surface area (Å²) >= 11 is 0. The van der Waals surface area contributed by atoms with Gasteiger partial charge in [-0.25, -0.2) is 18.4 Å². The van der Waals surface area contributed by atoms with Crippen molar-refractivity contribution in [1.29, 1.82) is 0 Å². The molecule has 8 heteroatoms. The number of rotatable bonds is 7. The zero-order valence-electron chi connectivity index (χ0n) is 18.2. The van der Waals surface area contributed by atoms with Crippen molar-refractivity contribution in [3.8, 4) is 11.4 Å². The first-order valence-corrected chi connectivity index (χ1v) is 11.8. The molecule has 2 heterocycles. The fraction of sp³-hybridized carbons (Fsp3) is 0.208. The molecule has 164 valence electrons. The first kappa shape index (κ1) is 21.9. The van der Waals surface area contributed by atoms with E-state index in [-0.39, 0.29) is 10.9 Å². The molecule has 7 nitrogen and oxygen atoms in total. The molecule has 0 amide bonds. The normalized spacial score (nSPS) is 11.9. The van der Waals surface area contributed by atoms with Crippen LogP contribution in [0.15, 0.2) is 78.0 Å². The minimum absolute atomic E-state index is 0.109. The lowest BCUT2D eigenvalue weighted by atomic mass is 10.2. The second-order valence-electron chi connectivity index (χ2n) is 7.76. The highest BCUT2D eigenvalue weighted by Crippen LogP contribution is 2.25. The summed E-state index contributed by atoms with van der Waals surface area (Å²) in [7, 11) is -1.91. The van der Waals surface area contributed by atoms with E-state index < -0.39 is 10.0 Å². The number of hydrogen-bond acceptors (Lipinski definition) is 6. The van der Waals surface area contributed by atoms with Gasteiger partial charge in [-0.15, -0.1) is 0 Å². The molecule has 2 aromatic heterocycles. The zero-order valence-corrected chi connectivity index (χ0v) is 19.0. The Morgan fingerprint density at radius 3 is 2.31 bits per heavy atom. The molecule has 0 fully saturated rings. The largest absolute Gasteiger partial charge is 0.365 e. The Morgan fingerprint density at radius 2 is 1.62 bits per heavy atom. The SMILES string of the molecule is CC(C)N(C)S(=O)(=O)c1ccc(CNc2nc(-c3ccncc3)nc3ccccc23)cc1. The lowest BCUT2D eigenvalue weighted by molar-refractivity contribution is 0.410. The van der Waals surface area contributed by atoms with Gasteiger partial charge in [0.05, 0.1) is 10.4 Å². The Bertz CT molecular complexity index is 1320. The highest BCUT2D eigenvalue weighted by atomic mass is 32.2. The molecule has 2 aromatic carbocycles. The summed E-state index contributed by atoms with van der Waals surface area (Å²) in [6.07, 6.45) is 3.43. The van der Waals surface area contributed by atoms with E-state index in [1.54, 1.807) is 31.6 Å². The third kappa shape index (κ3) is 4.46. The van der Waals surface area contributed by atoms with Crippen molar-refractivity contribution in [1.82, 2.24) is 19.3 Å². The molecule has 0 atom stereocenters. The summed E-state index contributed by atoms with van der Waals surface area (Å²) in [5, 5.41) is 4.31. The number of sulfonamides is 1. The lowest BCUT2D eigenvalue weighted by Crippen LogP contribution is -2.33. The molecule has 0 bridgehead atoms. The van der Waals surface area contributed by atoms with Crippen LogP contribution in [0.5, 0.6) is 0 Å². The molecule has 4 aromatic rings. The van der Waals surface area contributed by atoms with E-state index in [9.17, 15) is 8.42 Å². The topological polar surface area (TPSA) is 88.1 Å². The first-order valence-electron chi connectivity index (χ1n) is 10.3.